The largest absolute Gasteiger partial charge is 0.454 e. The molecule has 0 amide bonds. The van der Waals surface area contributed by atoms with Gasteiger partial charge in [-0.05, 0) is 48.0 Å². The monoisotopic (exact) mass is 402 g/mol. The van der Waals surface area contributed by atoms with Crippen LogP contribution in [0.2, 0.25) is 5.02 Å². The Labute approximate surface area is 154 Å². The fraction of sp³-hybridized carbons (Fsp3) is 0.0526. The normalized spacial score (nSPS) is 10.4. The average molecular weight is 404 g/mol. The predicted molar refractivity (Wildman–Crippen MR) is 104 cm³/mol. The van der Waals surface area contributed by atoms with Gasteiger partial charge >= 0.3 is 0 Å². The van der Waals surface area contributed by atoms with Gasteiger partial charge in [0, 0.05) is 16.7 Å². The Balaban J connectivity index is 1.65. The van der Waals surface area contributed by atoms with Crippen LogP contribution in [0.25, 0.3) is 0 Å². The topological polar surface area (TPSA) is 47.3 Å². The van der Waals surface area contributed by atoms with Crippen LogP contribution in [0.5, 0.6) is 11.5 Å². The summed E-state index contributed by atoms with van der Waals surface area (Å²) in [5.41, 5.74) is 8.63. The van der Waals surface area contributed by atoms with Gasteiger partial charge in [-0.3, -0.25) is 0 Å². The van der Waals surface area contributed by atoms with Gasteiger partial charge in [0.05, 0.1) is 10.7 Å². The van der Waals surface area contributed by atoms with Crippen LogP contribution < -0.4 is 15.8 Å². The van der Waals surface area contributed by atoms with E-state index in [2.05, 4.69) is 21.2 Å². The molecular formula is C19H16BrClN2O. The minimum Gasteiger partial charge on any atom is -0.454 e. The highest BCUT2D eigenvalue weighted by atomic mass is 79.9. The van der Waals surface area contributed by atoms with E-state index in [1.165, 1.54) is 0 Å². The molecule has 0 bridgehead atoms. The second-order valence-corrected chi connectivity index (χ2v) is 6.59. The molecule has 0 saturated carbocycles. The molecule has 0 saturated heterocycles. The molecule has 0 aliphatic rings. The van der Waals surface area contributed by atoms with Crippen molar-refractivity contribution in [3.63, 3.8) is 0 Å². The highest BCUT2D eigenvalue weighted by Gasteiger charge is 2.07. The molecule has 0 spiro atoms. The molecule has 0 radical (unpaired) electrons. The fourth-order valence-corrected chi connectivity index (χ4v) is 2.85. The molecule has 0 unspecified atom stereocenters. The highest BCUT2D eigenvalue weighted by molar-refractivity contribution is 9.10. The third-order valence-electron chi connectivity index (χ3n) is 3.46. The number of para-hydroxylation sites is 1. The summed E-state index contributed by atoms with van der Waals surface area (Å²) in [4.78, 5) is 0. The summed E-state index contributed by atoms with van der Waals surface area (Å²) < 4.78 is 6.84. The molecule has 0 aliphatic heterocycles. The lowest BCUT2D eigenvalue weighted by Gasteiger charge is -2.11. The molecule has 3 rings (SSSR count). The predicted octanol–water partition coefficient (Wildman–Crippen LogP) is 6.09. The maximum Gasteiger partial charge on any atom is 0.168 e. The quantitative estimate of drug-likeness (QED) is 0.507. The van der Waals surface area contributed by atoms with Gasteiger partial charge in [-0.25, -0.2) is 0 Å². The zero-order valence-electron chi connectivity index (χ0n) is 12.8. The van der Waals surface area contributed by atoms with Crippen molar-refractivity contribution in [1.82, 2.24) is 0 Å². The van der Waals surface area contributed by atoms with Crippen molar-refractivity contribution in [2.45, 2.75) is 6.54 Å². The first-order chi connectivity index (χ1) is 11.6. The molecule has 3 aromatic carbocycles. The van der Waals surface area contributed by atoms with Crippen LogP contribution in [0, 0.1) is 0 Å². The maximum absolute atomic E-state index is 6.12. The van der Waals surface area contributed by atoms with Crippen molar-refractivity contribution in [3.05, 3.63) is 81.8 Å². The van der Waals surface area contributed by atoms with E-state index in [0.29, 0.717) is 22.2 Å². The van der Waals surface area contributed by atoms with Crippen LogP contribution in [0.15, 0.2) is 71.2 Å². The van der Waals surface area contributed by atoms with Crippen molar-refractivity contribution in [1.29, 1.82) is 0 Å². The summed E-state index contributed by atoms with van der Waals surface area (Å²) in [6, 6.07) is 21.2. The Morgan fingerprint density at radius 1 is 1.00 bits per heavy atom. The zero-order valence-corrected chi connectivity index (χ0v) is 15.1. The van der Waals surface area contributed by atoms with Gasteiger partial charge in [0.15, 0.2) is 5.75 Å². The van der Waals surface area contributed by atoms with Gasteiger partial charge in [0.25, 0.3) is 0 Å². The summed E-state index contributed by atoms with van der Waals surface area (Å²) in [6.07, 6.45) is 0. The summed E-state index contributed by atoms with van der Waals surface area (Å²) in [5.74, 6) is 1.18. The van der Waals surface area contributed by atoms with Gasteiger partial charge < -0.3 is 15.8 Å². The van der Waals surface area contributed by atoms with E-state index in [1.54, 1.807) is 18.2 Å². The minimum atomic E-state index is 0.485. The van der Waals surface area contributed by atoms with Crippen LogP contribution in [-0.4, -0.2) is 0 Å². The van der Waals surface area contributed by atoms with Gasteiger partial charge in [-0.15, -0.1) is 0 Å². The SMILES string of the molecule is Nc1cccc(Cl)c1Oc1ccc(CNc2cccc(Br)c2)cc1. The maximum atomic E-state index is 6.12. The van der Waals surface area contributed by atoms with Crippen LogP contribution in [-0.2, 0) is 6.54 Å². The summed E-state index contributed by atoms with van der Waals surface area (Å²) in [7, 11) is 0. The van der Waals surface area contributed by atoms with Gasteiger partial charge in [-0.2, -0.15) is 0 Å². The second-order valence-electron chi connectivity index (χ2n) is 5.27. The molecule has 0 fully saturated rings. The van der Waals surface area contributed by atoms with Crippen molar-refractivity contribution < 1.29 is 4.74 Å². The Morgan fingerprint density at radius 3 is 2.46 bits per heavy atom. The number of benzene rings is 3. The molecular weight excluding hydrogens is 388 g/mol. The molecule has 5 heteroatoms. The lowest BCUT2D eigenvalue weighted by Crippen LogP contribution is -1.99. The molecule has 3 aromatic rings. The first-order valence-electron chi connectivity index (χ1n) is 7.42. The molecule has 0 atom stereocenters. The van der Waals surface area contributed by atoms with Crippen molar-refractivity contribution >= 4 is 38.9 Å². The molecule has 122 valence electrons. The summed E-state index contributed by atoms with van der Waals surface area (Å²) >= 11 is 9.59. The Kier molecular flexibility index (Phi) is 5.28. The number of nitrogens with one attached hydrogen (secondary N) is 1. The Hall–Kier alpha value is -2.17. The van der Waals surface area contributed by atoms with E-state index >= 15 is 0 Å². The summed E-state index contributed by atoms with van der Waals surface area (Å²) in [5, 5.41) is 3.87. The van der Waals surface area contributed by atoms with Gasteiger partial charge in [0.1, 0.15) is 5.75 Å². The third kappa shape index (κ3) is 4.22. The van der Waals surface area contributed by atoms with E-state index in [4.69, 9.17) is 22.1 Å². The second kappa shape index (κ2) is 7.60. The Morgan fingerprint density at radius 2 is 1.75 bits per heavy atom. The smallest absolute Gasteiger partial charge is 0.168 e. The first-order valence-corrected chi connectivity index (χ1v) is 8.59. The average Bonchev–Trinajstić information content (AvgIpc) is 2.58. The third-order valence-corrected chi connectivity index (χ3v) is 4.25. The van der Waals surface area contributed by atoms with Crippen molar-refractivity contribution in [2.75, 3.05) is 11.1 Å². The van der Waals surface area contributed by atoms with E-state index < -0.39 is 0 Å². The van der Waals surface area contributed by atoms with Crippen LogP contribution in [0.1, 0.15) is 5.56 Å². The highest BCUT2D eigenvalue weighted by Crippen LogP contribution is 2.34. The zero-order chi connectivity index (χ0) is 16.9. The van der Waals surface area contributed by atoms with Crippen molar-refractivity contribution in [2.24, 2.45) is 0 Å². The number of nitrogen functional groups attached to an aromatic ring is 1. The van der Waals surface area contributed by atoms with Crippen LogP contribution >= 0.6 is 27.5 Å². The van der Waals surface area contributed by atoms with E-state index in [9.17, 15) is 0 Å². The standard InChI is InChI=1S/C19H16BrClN2O/c20-14-3-1-4-15(11-14)23-12-13-7-9-16(10-8-13)24-19-17(21)5-2-6-18(19)22/h1-11,23H,12,22H2. The van der Waals surface area contributed by atoms with Gasteiger partial charge in [-0.1, -0.05) is 51.8 Å². The molecule has 0 aliphatic carbocycles. The number of hydrogen-bond acceptors (Lipinski definition) is 3. The molecule has 3 nitrogen and oxygen atoms in total. The minimum absolute atomic E-state index is 0.485. The lowest BCUT2D eigenvalue weighted by atomic mass is 10.2. The van der Waals surface area contributed by atoms with Crippen molar-refractivity contribution in [3.8, 4) is 11.5 Å². The fourth-order valence-electron chi connectivity index (χ4n) is 2.23. The molecule has 3 N–H and O–H groups in total. The van der Waals surface area contributed by atoms with E-state index in [0.717, 1.165) is 22.3 Å². The number of rotatable bonds is 5. The van der Waals surface area contributed by atoms with E-state index in [1.807, 2.05) is 48.5 Å². The van der Waals surface area contributed by atoms with E-state index in [-0.39, 0.29) is 0 Å². The first kappa shape index (κ1) is 16.7. The summed E-state index contributed by atoms with van der Waals surface area (Å²) in [6.45, 7) is 0.727. The lowest BCUT2D eigenvalue weighted by molar-refractivity contribution is 0.485. The Bertz CT molecular complexity index is 817. The number of anilines is 2. The van der Waals surface area contributed by atoms with Crippen LogP contribution in [0.4, 0.5) is 11.4 Å². The molecule has 0 heterocycles. The van der Waals surface area contributed by atoms with Gasteiger partial charge in [0.2, 0.25) is 0 Å². The number of nitrogens with two attached hydrogens (primary N) is 1. The number of hydrogen-bond donors (Lipinski definition) is 2. The van der Waals surface area contributed by atoms with Crippen LogP contribution in [0.3, 0.4) is 0 Å². The number of halogens is 2. The number of ether oxygens (including phenoxy) is 1. The molecule has 0 aromatic heterocycles. The molecule has 24 heavy (non-hydrogen) atoms.